The first kappa shape index (κ1) is 60.3. The molecule has 3 N–H and O–H groups in total. The van der Waals surface area contributed by atoms with E-state index in [0.717, 1.165) is 6.08 Å². The number of hydrogen-bond acceptors (Lipinski definition) is 8. The molecule has 2 amide bonds. The number of carbonyl (C=O) groups is 2. The molecule has 0 aromatic heterocycles. The van der Waals surface area contributed by atoms with E-state index in [1.807, 2.05) is 0 Å². The Morgan fingerprint density at radius 1 is 0.681 bits per heavy atom. The summed E-state index contributed by atoms with van der Waals surface area (Å²) >= 11 is 0. The van der Waals surface area contributed by atoms with E-state index in [-0.39, 0.29) is 11.3 Å². The van der Waals surface area contributed by atoms with Gasteiger partial charge in [-0.1, -0.05) is 52.0 Å². The molecule has 2 rings (SSSR count). The second kappa shape index (κ2) is 22.5. The molecular formula is C41H47F17N2O8Si. The van der Waals surface area contributed by atoms with Crippen molar-refractivity contribution < 1.29 is 113 Å². The van der Waals surface area contributed by atoms with Crippen molar-refractivity contribution in [1.82, 2.24) is 5.48 Å². The Morgan fingerprint density at radius 3 is 1.61 bits per heavy atom. The van der Waals surface area contributed by atoms with Gasteiger partial charge in [0, 0.05) is 25.3 Å². The second-order valence-corrected chi connectivity index (χ2v) is 20.8. The van der Waals surface area contributed by atoms with Crippen LogP contribution in [0.1, 0.15) is 52.7 Å². The number of hydroxylamine groups is 1. The number of benzene rings is 2. The van der Waals surface area contributed by atoms with Gasteiger partial charge in [0.25, 0.3) is 5.91 Å². The predicted molar refractivity (Wildman–Crippen MR) is 213 cm³/mol. The Morgan fingerprint density at radius 2 is 1.16 bits per heavy atom. The zero-order chi connectivity index (χ0) is 53.4. The van der Waals surface area contributed by atoms with Gasteiger partial charge in [0.1, 0.15) is 24.2 Å². The van der Waals surface area contributed by atoms with E-state index in [9.17, 15) is 75.4 Å². The summed E-state index contributed by atoms with van der Waals surface area (Å²) in [6.45, 7) is 5.68. The van der Waals surface area contributed by atoms with Crippen LogP contribution in [-0.2, 0) is 18.7 Å². The topological polar surface area (TPSA) is 125 Å². The molecule has 0 saturated heterocycles. The highest BCUT2D eigenvalue weighted by molar-refractivity contribution is 6.76. The van der Waals surface area contributed by atoms with Crippen molar-refractivity contribution >= 4 is 26.0 Å². The average Bonchev–Trinajstić information content (AvgIpc) is 3.25. The third-order valence-electron chi connectivity index (χ3n) is 10.7. The molecule has 0 radical (unpaired) electrons. The lowest BCUT2D eigenvalue weighted by Crippen LogP contribution is -2.74. The molecule has 0 fully saturated rings. The molecule has 2 atom stereocenters. The Bertz CT molecular complexity index is 2060. The molecule has 0 saturated carbocycles. The first-order valence-electron chi connectivity index (χ1n) is 19.9. The van der Waals surface area contributed by atoms with Crippen LogP contribution in [0.15, 0.2) is 72.3 Å². The molecule has 0 heterocycles. The fourth-order valence-corrected chi connectivity index (χ4v) is 11.1. The van der Waals surface area contributed by atoms with Gasteiger partial charge in [-0.3, -0.25) is 15.3 Å². The van der Waals surface area contributed by atoms with Crippen LogP contribution < -0.4 is 20.3 Å². The van der Waals surface area contributed by atoms with Gasteiger partial charge in [0.05, 0.1) is 13.7 Å². The first-order chi connectivity index (χ1) is 31.4. The second-order valence-electron chi connectivity index (χ2n) is 15.8. The van der Waals surface area contributed by atoms with Crippen LogP contribution >= 0.6 is 0 Å². The third-order valence-corrected chi connectivity index (χ3v) is 16.3. The van der Waals surface area contributed by atoms with Crippen molar-refractivity contribution in [2.75, 3.05) is 32.8 Å². The lowest BCUT2D eigenvalue weighted by molar-refractivity contribution is -0.461. The summed E-state index contributed by atoms with van der Waals surface area (Å²) in [5.41, 5.74) is 0.504. The number of ether oxygens (including phenoxy) is 4. The summed E-state index contributed by atoms with van der Waals surface area (Å²) in [4.78, 5) is 24.6. The molecule has 0 unspecified atom stereocenters. The van der Waals surface area contributed by atoms with Gasteiger partial charge in [0.15, 0.2) is 14.4 Å². The molecule has 0 bridgehead atoms. The van der Waals surface area contributed by atoms with Crippen molar-refractivity contribution in [2.45, 2.75) is 118 Å². The Kier molecular flexibility index (Phi) is 19.7. The van der Waals surface area contributed by atoms with Gasteiger partial charge >= 0.3 is 53.7 Å². The monoisotopic (exact) mass is 1050 g/mol. The first-order valence-corrected chi connectivity index (χ1v) is 22.2. The number of halogens is 17. The molecule has 392 valence electrons. The highest BCUT2D eigenvalue weighted by atomic mass is 28.4. The zero-order valence-corrected chi connectivity index (χ0v) is 38.2. The molecule has 0 aliphatic rings. The number of allylic oxidation sites excluding steroid dienone is 2. The number of anilines is 1. The molecule has 10 nitrogen and oxygen atoms in total. The van der Waals surface area contributed by atoms with Gasteiger partial charge < -0.3 is 23.4 Å². The number of amides is 2. The van der Waals surface area contributed by atoms with Crippen molar-refractivity contribution in [3.63, 3.8) is 0 Å². The van der Waals surface area contributed by atoms with Crippen molar-refractivity contribution in [2.24, 2.45) is 0 Å². The third kappa shape index (κ3) is 12.7. The van der Waals surface area contributed by atoms with Gasteiger partial charge in [-0.05, 0) is 71.6 Å². The van der Waals surface area contributed by atoms with E-state index in [1.165, 1.54) is 103 Å². The van der Waals surface area contributed by atoms with Gasteiger partial charge in [-0.25, -0.2) is 10.3 Å². The van der Waals surface area contributed by atoms with Crippen molar-refractivity contribution in [3.8, 4) is 11.5 Å². The van der Waals surface area contributed by atoms with E-state index >= 15 is 8.78 Å². The maximum absolute atomic E-state index is 15.0. The predicted octanol–water partition coefficient (Wildman–Crippen LogP) is 12.6. The number of carbonyl (C=O) groups excluding carboxylic acids is 2. The summed E-state index contributed by atoms with van der Waals surface area (Å²) in [5.74, 6) is -57.3. The van der Waals surface area contributed by atoms with Crippen LogP contribution in [0.25, 0.3) is 0 Å². The Hall–Kier alpha value is -4.83. The van der Waals surface area contributed by atoms with E-state index in [0.29, 0.717) is 17.0 Å². The van der Waals surface area contributed by atoms with Crippen LogP contribution in [0, 0.1) is 0 Å². The maximum atomic E-state index is 15.0. The van der Waals surface area contributed by atoms with Crippen molar-refractivity contribution in [1.29, 1.82) is 0 Å². The summed E-state index contributed by atoms with van der Waals surface area (Å²) in [5, 5.41) is 11.3. The minimum absolute atomic E-state index is 0.0631. The smallest absolute Gasteiger partial charge is 0.460 e. The van der Waals surface area contributed by atoms with Crippen LogP contribution in [0.4, 0.5) is 85.1 Å². The SMILES string of the molecule is COc1ccc(NC(=O)O[C@@H](c2ccc(OCCO[Si](CCC(F)(F)C(F)(F)C(F)(F)C(F)(F)C(F)(F)C(F)(F)C(F)(F)C(F)(F)F)(C(C)C)C(C)C)cc2)[C@H](/C=C/C(C)=C/C(=O)NO)OC)cc1. The minimum atomic E-state index is -8.71. The number of methoxy groups -OCH3 is 2. The fourth-order valence-electron chi connectivity index (χ4n) is 6.60. The van der Waals surface area contributed by atoms with Crippen LogP contribution in [0.2, 0.25) is 17.1 Å². The summed E-state index contributed by atoms with van der Waals surface area (Å²) in [6, 6.07) is 10.3. The average molecular weight is 1050 g/mol. The van der Waals surface area contributed by atoms with Gasteiger partial charge in [0.2, 0.25) is 0 Å². The number of alkyl halides is 17. The van der Waals surface area contributed by atoms with E-state index in [1.54, 1.807) is 12.1 Å². The lowest BCUT2D eigenvalue weighted by Gasteiger charge is -2.44. The zero-order valence-electron chi connectivity index (χ0n) is 37.2. The summed E-state index contributed by atoms with van der Waals surface area (Å²) < 4.78 is 264. The van der Waals surface area contributed by atoms with Crippen LogP contribution in [-0.4, -0.2) is 107 Å². The normalized spacial score (nSPS) is 15.1. The standard InChI is InChI=1S/C41H47F17N2O8Si/c1-23(2)69(24(3)4,21-18-34(42,43)35(44,45)36(46,47)37(48,49)38(50,51)39(52,53)40(54,55)41(56,57)58)67-20-19-66-29-13-9-26(10-14-29)32(30(65-7)17-8-25(5)22-31(61)60-63)68-33(62)59-27-11-15-28(64-6)16-12-27/h8-17,22-24,30,32,63H,18-21H2,1-7H3,(H,59,62)(H,60,61)/b17-8+,25-22+/t30-,32-/m0/s1. The Balaban J connectivity index is 2.35. The van der Waals surface area contributed by atoms with E-state index in [2.05, 4.69) is 5.32 Å². The summed E-state index contributed by atoms with van der Waals surface area (Å²) in [6.07, 6.45) is -9.79. The van der Waals surface area contributed by atoms with E-state index < -0.39 is 117 Å². The molecule has 2 aromatic carbocycles. The number of rotatable bonds is 25. The van der Waals surface area contributed by atoms with Crippen LogP contribution in [0.3, 0.4) is 0 Å². The Labute approximate surface area is 384 Å². The van der Waals surface area contributed by atoms with Gasteiger partial charge in [-0.15, -0.1) is 0 Å². The van der Waals surface area contributed by atoms with Crippen LogP contribution in [0.5, 0.6) is 11.5 Å². The van der Waals surface area contributed by atoms with E-state index in [4.69, 9.17) is 28.6 Å². The quantitative estimate of drug-likeness (QED) is 0.0171. The molecule has 69 heavy (non-hydrogen) atoms. The highest BCUT2D eigenvalue weighted by Crippen LogP contribution is 2.64. The number of hydrogen-bond donors (Lipinski definition) is 3. The molecule has 2 aromatic rings. The van der Waals surface area contributed by atoms with Crippen molar-refractivity contribution in [3.05, 3.63) is 77.9 Å². The minimum Gasteiger partial charge on any atom is -0.497 e. The fraction of sp³-hybridized carbons (Fsp3) is 0.561. The molecule has 0 aliphatic carbocycles. The molecule has 0 spiro atoms. The molecule has 28 heteroatoms. The van der Waals surface area contributed by atoms with Gasteiger partial charge in [-0.2, -0.15) is 74.6 Å². The maximum Gasteiger partial charge on any atom is 0.460 e. The summed E-state index contributed by atoms with van der Waals surface area (Å²) in [7, 11) is -1.35. The largest absolute Gasteiger partial charge is 0.497 e. The molecular weight excluding hydrogens is 1000 g/mol. The lowest BCUT2D eigenvalue weighted by atomic mass is 9.88. The molecule has 0 aliphatic heterocycles. The highest BCUT2D eigenvalue weighted by Gasteiger charge is 2.95. The number of nitrogens with one attached hydrogen (secondary N) is 2.